The maximum absolute atomic E-state index is 13.4. The summed E-state index contributed by atoms with van der Waals surface area (Å²) >= 11 is 6.05. The second kappa shape index (κ2) is 8.86. The highest BCUT2D eigenvalue weighted by atomic mass is 79.9. The minimum Gasteiger partial charge on any atom is -0.478 e. The lowest BCUT2D eigenvalue weighted by molar-refractivity contribution is -0.131. The third-order valence-electron chi connectivity index (χ3n) is 3.23. The number of aromatic amines is 1. The first-order chi connectivity index (χ1) is 12.3. The summed E-state index contributed by atoms with van der Waals surface area (Å²) in [5, 5.41) is 9.01. The van der Waals surface area contributed by atoms with Gasteiger partial charge in [0, 0.05) is 28.6 Å². The highest BCUT2D eigenvalue weighted by Gasteiger charge is 2.06. The Morgan fingerprint density at radius 3 is 2.38 bits per heavy atom. The third-order valence-corrected chi connectivity index (χ3v) is 4.45. The van der Waals surface area contributed by atoms with Crippen molar-refractivity contribution in [1.82, 2.24) is 4.98 Å². The Balaban J connectivity index is 0.000000187. The van der Waals surface area contributed by atoms with E-state index in [4.69, 9.17) is 5.11 Å². The molecule has 0 amide bonds. The molecule has 0 aliphatic carbocycles. The van der Waals surface area contributed by atoms with Crippen LogP contribution in [0.15, 0.2) is 62.4 Å². The Labute approximate surface area is 163 Å². The molecule has 0 atom stereocenters. The molecule has 1 heterocycles. The van der Waals surface area contributed by atoms with Crippen LogP contribution in [0.25, 0.3) is 16.8 Å². The van der Waals surface area contributed by atoms with E-state index in [1.165, 1.54) is 30.5 Å². The summed E-state index contributed by atoms with van der Waals surface area (Å²) in [6.07, 6.45) is 3.54. The second-order valence-corrected chi connectivity index (χ2v) is 6.65. The number of H-pyrrole nitrogens is 1. The average molecular weight is 487 g/mol. The molecular formula is C18H11Br2F2NO3. The van der Waals surface area contributed by atoms with Gasteiger partial charge in [0.2, 0.25) is 0 Å². The van der Waals surface area contributed by atoms with Crippen LogP contribution >= 0.6 is 31.9 Å². The van der Waals surface area contributed by atoms with Crippen molar-refractivity contribution < 1.29 is 18.7 Å². The largest absolute Gasteiger partial charge is 0.478 e. The number of carboxylic acids is 1. The van der Waals surface area contributed by atoms with E-state index in [0.29, 0.717) is 19.7 Å². The number of nitrogens with one attached hydrogen (secondary N) is 1. The number of carbonyl (C=O) groups is 1. The van der Waals surface area contributed by atoms with Gasteiger partial charge in [0.1, 0.15) is 11.6 Å². The Kier molecular flexibility index (Phi) is 6.82. The van der Waals surface area contributed by atoms with Gasteiger partial charge < -0.3 is 10.1 Å². The highest BCUT2D eigenvalue weighted by Crippen LogP contribution is 2.22. The van der Waals surface area contributed by atoms with Gasteiger partial charge in [-0.1, -0.05) is 12.1 Å². The fraction of sp³-hybridized carbons (Fsp3) is 0. The third kappa shape index (κ3) is 4.86. The smallest absolute Gasteiger partial charge is 0.328 e. The number of hydrogen-bond acceptors (Lipinski definition) is 2. The molecule has 2 N–H and O–H groups in total. The molecular weight excluding hydrogens is 476 g/mol. The molecule has 134 valence electrons. The van der Waals surface area contributed by atoms with Crippen molar-refractivity contribution >= 4 is 54.7 Å². The average Bonchev–Trinajstić information content (AvgIpc) is 2.60. The lowest BCUT2D eigenvalue weighted by Gasteiger charge is -1.99. The van der Waals surface area contributed by atoms with Gasteiger partial charge in [-0.05, 0) is 62.2 Å². The molecule has 1 aromatic heterocycles. The van der Waals surface area contributed by atoms with Gasteiger partial charge in [-0.25, -0.2) is 13.6 Å². The molecule has 0 aliphatic rings. The summed E-state index contributed by atoms with van der Waals surface area (Å²) in [4.78, 5) is 23.8. The number of pyridine rings is 1. The first-order valence-corrected chi connectivity index (χ1v) is 8.70. The lowest BCUT2D eigenvalue weighted by atomic mass is 10.2. The van der Waals surface area contributed by atoms with E-state index in [0.717, 1.165) is 6.08 Å². The predicted molar refractivity (Wildman–Crippen MR) is 103 cm³/mol. The monoisotopic (exact) mass is 485 g/mol. The molecule has 0 unspecified atom stereocenters. The molecule has 4 nitrogen and oxygen atoms in total. The molecule has 26 heavy (non-hydrogen) atoms. The number of aromatic nitrogens is 1. The minimum absolute atomic E-state index is 0.247. The summed E-state index contributed by atoms with van der Waals surface area (Å²) < 4.78 is 27.2. The summed E-state index contributed by atoms with van der Waals surface area (Å²) in [6.45, 7) is 0. The Morgan fingerprint density at radius 1 is 1.00 bits per heavy atom. The Bertz CT molecular complexity index is 1050. The van der Waals surface area contributed by atoms with Crippen LogP contribution in [0.2, 0.25) is 0 Å². The van der Waals surface area contributed by atoms with Crippen LogP contribution in [0, 0.1) is 11.6 Å². The van der Waals surface area contributed by atoms with E-state index < -0.39 is 17.6 Å². The van der Waals surface area contributed by atoms with Crippen LogP contribution in [-0.2, 0) is 4.79 Å². The normalized spacial score (nSPS) is 10.6. The first-order valence-electron chi connectivity index (χ1n) is 7.11. The Morgan fingerprint density at radius 2 is 1.69 bits per heavy atom. The molecule has 0 fully saturated rings. The van der Waals surface area contributed by atoms with E-state index in [1.807, 2.05) is 0 Å². The van der Waals surface area contributed by atoms with Crippen molar-refractivity contribution in [2.75, 3.05) is 0 Å². The SMILES string of the molecule is O=C(O)C=Cc1cccc(Br)c1F.O=c1[nH]ccc2c(F)c(Br)ccc12. The van der Waals surface area contributed by atoms with E-state index >= 15 is 0 Å². The van der Waals surface area contributed by atoms with Crippen LogP contribution in [0.4, 0.5) is 8.78 Å². The van der Waals surface area contributed by atoms with Crippen LogP contribution in [-0.4, -0.2) is 16.1 Å². The van der Waals surface area contributed by atoms with Gasteiger partial charge in [-0.2, -0.15) is 0 Å². The van der Waals surface area contributed by atoms with Gasteiger partial charge in [-0.3, -0.25) is 4.79 Å². The minimum atomic E-state index is -1.10. The fourth-order valence-corrected chi connectivity index (χ4v) is 2.74. The molecule has 3 aromatic rings. The van der Waals surface area contributed by atoms with Crippen LogP contribution in [0.1, 0.15) is 5.56 Å². The molecule has 0 radical (unpaired) electrons. The van der Waals surface area contributed by atoms with Crippen molar-refractivity contribution in [3.63, 3.8) is 0 Å². The quantitative estimate of drug-likeness (QED) is 0.494. The number of carboxylic acid groups (broad SMARTS) is 1. The zero-order chi connectivity index (χ0) is 19.3. The van der Waals surface area contributed by atoms with Gasteiger partial charge in [0.25, 0.3) is 5.56 Å². The number of aliphatic carboxylic acids is 1. The molecule has 0 saturated carbocycles. The van der Waals surface area contributed by atoms with Crippen molar-refractivity contribution in [2.45, 2.75) is 0 Å². The summed E-state index contributed by atoms with van der Waals surface area (Å²) in [5.74, 6) is -1.96. The number of fused-ring (bicyclic) bond motifs is 1. The molecule has 3 rings (SSSR count). The van der Waals surface area contributed by atoms with E-state index in [9.17, 15) is 18.4 Å². The van der Waals surface area contributed by atoms with E-state index in [2.05, 4.69) is 36.8 Å². The predicted octanol–water partition coefficient (Wildman–Crippen LogP) is 5.12. The van der Waals surface area contributed by atoms with Crippen LogP contribution in [0.3, 0.4) is 0 Å². The molecule has 0 bridgehead atoms. The van der Waals surface area contributed by atoms with Crippen molar-refractivity contribution in [1.29, 1.82) is 0 Å². The summed E-state index contributed by atoms with van der Waals surface area (Å²) in [7, 11) is 0. The maximum atomic E-state index is 13.4. The number of halogens is 4. The number of benzene rings is 2. The van der Waals surface area contributed by atoms with Gasteiger partial charge in [0.15, 0.2) is 0 Å². The molecule has 0 spiro atoms. The zero-order valence-electron chi connectivity index (χ0n) is 13.0. The standard InChI is InChI=1S/C9H5BrFNO.C9H6BrFO2/c10-7-2-1-6-5(8(7)11)3-4-12-9(6)13;10-7-3-1-2-6(9(7)11)4-5-8(12)13/h1-4H,(H,12,13);1-5H,(H,12,13). The van der Waals surface area contributed by atoms with Gasteiger partial charge in [0.05, 0.1) is 8.95 Å². The van der Waals surface area contributed by atoms with Crippen LogP contribution in [0.5, 0.6) is 0 Å². The fourth-order valence-electron chi connectivity index (χ4n) is 2.02. The summed E-state index contributed by atoms with van der Waals surface area (Å²) in [6, 6.07) is 9.33. The number of rotatable bonds is 2. The van der Waals surface area contributed by atoms with E-state index in [1.54, 1.807) is 18.2 Å². The molecule has 0 aliphatic heterocycles. The molecule has 2 aromatic carbocycles. The first kappa shape index (κ1) is 20.0. The summed E-state index contributed by atoms with van der Waals surface area (Å²) in [5.41, 5.74) is -0.0272. The van der Waals surface area contributed by atoms with Crippen LogP contribution < -0.4 is 5.56 Å². The van der Waals surface area contributed by atoms with Crippen molar-refractivity contribution in [3.05, 3.63) is 85.2 Å². The molecule has 8 heteroatoms. The lowest BCUT2D eigenvalue weighted by Crippen LogP contribution is -2.04. The zero-order valence-corrected chi connectivity index (χ0v) is 16.1. The van der Waals surface area contributed by atoms with E-state index in [-0.39, 0.29) is 11.1 Å². The maximum Gasteiger partial charge on any atom is 0.328 e. The Hall–Kier alpha value is -2.32. The van der Waals surface area contributed by atoms with Crippen molar-refractivity contribution in [3.8, 4) is 0 Å². The number of hydrogen-bond donors (Lipinski definition) is 2. The van der Waals surface area contributed by atoms with Gasteiger partial charge in [-0.15, -0.1) is 0 Å². The topological polar surface area (TPSA) is 70.2 Å². The van der Waals surface area contributed by atoms with Gasteiger partial charge >= 0.3 is 5.97 Å². The van der Waals surface area contributed by atoms with Crippen molar-refractivity contribution in [2.24, 2.45) is 0 Å². The highest BCUT2D eigenvalue weighted by molar-refractivity contribution is 9.10. The second-order valence-electron chi connectivity index (χ2n) is 4.94. The molecule has 0 saturated heterocycles.